The lowest BCUT2D eigenvalue weighted by Gasteiger charge is -2.37. The minimum atomic E-state index is -3.70. The normalized spacial score (nSPS) is 29.3. The Hall–Kier alpha value is -3.81. The van der Waals surface area contributed by atoms with Crippen molar-refractivity contribution in [3.8, 4) is 0 Å². The van der Waals surface area contributed by atoms with Gasteiger partial charge in [0.2, 0.25) is 14.3 Å². The fraction of sp³-hybridized carbons (Fsp3) is 0.568. The highest BCUT2D eigenvalue weighted by Gasteiger charge is 2.67. The van der Waals surface area contributed by atoms with Crippen LogP contribution in [0.4, 0.5) is 15.5 Å². The second kappa shape index (κ2) is 16.9. The van der Waals surface area contributed by atoms with Crippen LogP contribution >= 0.6 is 0 Å². The molecule has 0 radical (unpaired) electrons. The van der Waals surface area contributed by atoms with E-state index in [-0.39, 0.29) is 44.8 Å². The number of hydrogen-bond acceptors (Lipinski definition) is 12. The maximum absolute atomic E-state index is 16.5. The second-order valence-corrected chi connectivity index (χ2v) is 18.4. The standard InChI is InChI=1S/C37H50FN3O12Si/c1-21-33(54(3,4)38)26(19-27(43)40(16-17-42)20-22-10-6-5-7-11-22)53-37(21)24-18-23(39-34(48)32-30(46)29(45)31(47)35(49)52-32)13-14-25(24)41(36(37)50)15-9-8-12-28(44)51-2/h5-7,10-11,13-14,18,21,26,29-33,35,42,45-47,49H,8-9,12,15-17,19-20H2,1-4H3,(H,39,48)/t21-,26+,29+,30+,31-,32+,33-,35-,37+/m1/s1. The van der Waals surface area contributed by atoms with Crippen LogP contribution in [0.1, 0.15) is 43.7 Å². The van der Waals surface area contributed by atoms with Crippen molar-refractivity contribution in [3.05, 3.63) is 59.7 Å². The summed E-state index contributed by atoms with van der Waals surface area (Å²) in [5.74, 6) is -3.05. The van der Waals surface area contributed by atoms with Crippen molar-refractivity contribution in [2.24, 2.45) is 5.92 Å². The van der Waals surface area contributed by atoms with E-state index in [4.69, 9.17) is 14.2 Å². The molecular weight excluding hydrogens is 726 g/mol. The number of anilines is 2. The van der Waals surface area contributed by atoms with Gasteiger partial charge in [0.1, 0.15) is 18.3 Å². The summed E-state index contributed by atoms with van der Waals surface area (Å²) in [5, 5.41) is 52.8. The van der Waals surface area contributed by atoms with Gasteiger partial charge in [0.25, 0.3) is 11.8 Å². The van der Waals surface area contributed by atoms with E-state index in [0.29, 0.717) is 24.1 Å². The van der Waals surface area contributed by atoms with Crippen molar-refractivity contribution in [3.63, 3.8) is 0 Å². The zero-order valence-corrected chi connectivity index (χ0v) is 31.8. The Morgan fingerprint density at radius 3 is 2.39 bits per heavy atom. The zero-order chi connectivity index (χ0) is 39.5. The van der Waals surface area contributed by atoms with Crippen molar-refractivity contribution in [2.45, 2.75) is 100 Å². The van der Waals surface area contributed by atoms with Crippen LogP contribution in [0.25, 0.3) is 0 Å². The van der Waals surface area contributed by atoms with E-state index >= 15 is 4.11 Å². The molecule has 0 bridgehead atoms. The monoisotopic (exact) mass is 775 g/mol. The Labute approximate surface area is 313 Å². The Kier molecular flexibility index (Phi) is 12.9. The molecule has 17 heteroatoms. The molecule has 2 saturated heterocycles. The van der Waals surface area contributed by atoms with Crippen LogP contribution in [0, 0.1) is 5.92 Å². The topological polar surface area (TPSA) is 216 Å². The van der Waals surface area contributed by atoms with Crippen molar-refractivity contribution in [1.29, 1.82) is 0 Å². The van der Waals surface area contributed by atoms with E-state index < -0.39 is 86.0 Å². The summed E-state index contributed by atoms with van der Waals surface area (Å²) < 4.78 is 33.0. The molecule has 3 aliphatic heterocycles. The van der Waals surface area contributed by atoms with Gasteiger partial charge in [-0.05, 0) is 49.7 Å². The third-order valence-corrected chi connectivity index (χ3v) is 13.1. The molecule has 3 aliphatic rings. The number of benzene rings is 2. The smallest absolute Gasteiger partial charge is 0.305 e. The summed E-state index contributed by atoms with van der Waals surface area (Å²) in [4.78, 5) is 56.7. The van der Waals surface area contributed by atoms with Crippen molar-refractivity contribution < 1.29 is 63.0 Å². The Morgan fingerprint density at radius 2 is 1.74 bits per heavy atom. The number of fused-ring (bicyclic) bond motifs is 2. The number of hydrogen-bond donors (Lipinski definition) is 6. The molecule has 5 rings (SSSR count). The number of nitrogens with one attached hydrogen (secondary N) is 1. The van der Waals surface area contributed by atoms with Gasteiger partial charge in [0.15, 0.2) is 18.0 Å². The lowest BCUT2D eigenvalue weighted by molar-refractivity contribution is -0.274. The third-order valence-electron chi connectivity index (χ3n) is 10.6. The average Bonchev–Trinajstić information content (AvgIpc) is 3.56. The predicted molar refractivity (Wildman–Crippen MR) is 194 cm³/mol. The molecule has 2 aromatic rings. The lowest BCUT2D eigenvalue weighted by atomic mass is 9.82. The summed E-state index contributed by atoms with van der Waals surface area (Å²) in [5.41, 5.74) is -0.962. The highest BCUT2D eigenvalue weighted by molar-refractivity contribution is 6.72. The molecule has 2 fully saturated rings. The molecule has 9 atom stereocenters. The number of aliphatic hydroxyl groups is 5. The number of methoxy groups -OCH3 is 1. The summed E-state index contributed by atoms with van der Waals surface area (Å²) in [6.07, 6.45) is -9.69. The van der Waals surface area contributed by atoms with E-state index in [1.54, 1.807) is 13.0 Å². The minimum absolute atomic E-state index is 0.0266. The molecule has 296 valence electrons. The van der Waals surface area contributed by atoms with Crippen LogP contribution < -0.4 is 10.2 Å². The van der Waals surface area contributed by atoms with Gasteiger partial charge in [-0.15, -0.1) is 0 Å². The Morgan fingerprint density at radius 1 is 1.04 bits per heavy atom. The zero-order valence-electron chi connectivity index (χ0n) is 30.8. The van der Waals surface area contributed by atoms with Crippen LogP contribution in [0.3, 0.4) is 0 Å². The van der Waals surface area contributed by atoms with Gasteiger partial charge in [0, 0.05) is 48.8 Å². The SMILES string of the molecule is COC(=O)CCCCN1C(=O)[C@@]2(O[C@@H](CC(=O)N(CCO)Cc3ccccc3)[C@H]([Si](C)(C)F)[C@H]2C)c2cc(NC(=O)[C@H]3O[C@@H](O)[C@H](O)[C@@H](O)[C@@H]3O)ccc21. The van der Waals surface area contributed by atoms with Crippen molar-refractivity contribution >= 4 is 43.5 Å². The van der Waals surface area contributed by atoms with E-state index in [1.807, 2.05) is 30.3 Å². The molecule has 0 aliphatic carbocycles. The first kappa shape index (κ1) is 41.4. The number of esters is 1. The molecule has 54 heavy (non-hydrogen) atoms. The van der Waals surface area contributed by atoms with Crippen LogP contribution in [0.5, 0.6) is 0 Å². The van der Waals surface area contributed by atoms with Gasteiger partial charge in [-0.3, -0.25) is 19.2 Å². The first-order valence-corrected chi connectivity index (χ1v) is 21.0. The van der Waals surface area contributed by atoms with Crippen molar-refractivity contribution in [1.82, 2.24) is 4.90 Å². The van der Waals surface area contributed by atoms with Crippen LogP contribution in [-0.2, 0) is 45.5 Å². The van der Waals surface area contributed by atoms with E-state index in [1.165, 1.54) is 42.1 Å². The van der Waals surface area contributed by atoms with E-state index in [0.717, 1.165) is 5.56 Å². The van der Waals surface area contributed by atoms with Crippen LogP contribution in [-0.4, -0.2) is 126 Å². The molecule has 3 heterocycles. The fourth-order valence-corrected chi connectivity index (χ4v) is 10.5. The van der Waals surface area contributed by atoms with Gasteiger partial charge < -0.3 is 59.0 Å². The number of aliphatic hydroxyl groups excluding tert-OH is 5. The van der Waals surface area contributed by atoms with Gasteiger partial charge in [-0.25, -0.2) is 0 Å². The maximum Gasteiger partial charge on any atom is 0.305 e. The fourth-order valence-electron chi connectivity index (χ4n) is 8.00. The van der Waals surface area contributed by atoms with Gasteiger partial charge in [-0.1, -0.05) is 37.3 Å². The predicted octanol–water partition coefficient (Wildman–Crippen LogP) is 1.30. The van der Waals surface area contributed by atoms with Crippen molar-refractivity contribution in [2.75, 3.05) is 37.0 Å². The summed E-state index contributed by atoms with van der Waals surface area (Å²) in [7, 11) is -2.41. The van der Waals surface area contributed by atoms with Crippen LogP contribution in [0.15, 0.2) is 48.5 Å². The lowest BCUT2D eigenvalue weighted by Crippen LogP contribution is -2.60. The van der Waals surface area contributed by atoms with Gasteiger partial charge in [0.05, 0.1) is 31.9 Å². The number of ether oxygens (including phenoxy) is 3. The summed E-state index contributed by atoms with van der Waals surface area (Å²) in [6.45, 7) is 4.81. The molecule has 2 aromatic carbocycles. The number of carbonyl (C=O) groups is 4. The van der Waals surface area contributed by atoms with Gasteiger partial charge >= 0.3 is 5.97 Å². The highest BCUT2D eigenvalue weighted by Crippen LogP contribution is 2.60. The molecule has 6 N–H and O–H groups in total. The highest BCUT2D eigenvalue weighted by atomic mass is 28.4. The minimum Gasteiger partial charge on any atom is -0.469 e. The summed E-state index contributed by atoms with van der Waals surface area (Å²) >= 11 is 0. The Balaban J connectivity index is 1.49. The number of halogens is 1. The molecule has 1 spiro atoms. The largest absolute Gasteiger partial charge is 0.469 e. The number of unbranched alkanes of at least 4 members (excludes halogenated alkanes) is 1. The quantitative estimate of drug-likeness (QED) is 0.0694. The molecule has 0 aromatic heterocycles. The first-order valence-electron chi connectivity index (χ1n) is 18.1. The number of nitrogens with zero attached hydrogens (tertiary/aromatic N) is 2. The molecule has 0 saturated carbocycles. The number of carbonyl (C=O) groups excluding carboxylic acids is 4. The molecule has 0 unspecified atom stereocenters. The molecule has 3 amide bonds. The van der Waals surface area contributed by atoms with E-state index in [9.17, 15) is 44.7 Å². The third kappa shape index (κ3) is 8.23. The Bertz CT molecular complexity index is 1680. The van der Waals surface area contributed by atoms with Crippen LogP contribution in [0.2, 0.25) is 18.6 Å². The number of amides is 3. The first-order chi connectivity index (χ1) is 25.5. The average molecular weight is 776 g/mol. The van der Waals surface area contributed by atoms with Gasteiger partial charge in [-0.2, -0.15) is 0 Å². The second-order valence-electron chi connectivity index (χ2n) is 14.6. The van der Waals surface area contributed by atoms with E-state index in [2.05, 4.69) is 5.32 Å². The number of rotatable bonds is 14. The molecular formula is C37H50FN3O12Si. The summed E-state index contributed by atoms with van der Waals surface area (Å²) in [6, 6.07) is 13.8. The molecule has 15 nitrogen and oxygen atoms in total. The maximum atomic E-state index is 16.5.